The summed E-state index contributed by atoms with van der Waals surface area (Å²) >= 11 is 0. The lowest BCUT2D eigenvalue weighted by Crippen LogP contribution is -2.17. The summed E-state index contributed by atoms with van der Waals surface area (Å²) in [6, 6.07) is 70.5. The average Bonchev–Trinajstić information content (AvgIpc) is 3.80. The Morgan fingerprint density at radius 2 is 1.00 bits per heavy atom. The Morgan fingerprint density at radius 3 is 1.76 bits per heavy atom. The number of hydrogen-bond acceptors (Lipinski definition) is 4. The van der Waals surface area contributed by atoms with Crippen molar-refractivity contribution < 1.29 is 22.0 Å². The minimum absolute atomic E-state index is 0.0302. The van der Waals surface area contributed by atoms with Gasteiger partial charge in [-0.25, -0.2) is 17.6 Å². The van der Waals surface area contributed by atoms with Crippen LogP contribution < -0.4 is 14.7 Å². The summed E-state index contributed by atoms with van der Waals surface area (Å²) in [5.41, 5.74) is 6.98. The maximum absolute atomic E-state index is 17.0. The molecule has 11 aromatic carbocycles. The standard InChI is InChI=1S/C62H37F4N3O/c63-57-55(58(64)60(66)61(59(57)65)67(41-18-4-1-5-19-41)44-32-30-38-16-10-11-17-39(38)36-44)40-31-33-45-47-34-35-50(49-26-15-27-51(56(47)49)69(53(45)37-40)43-22-8-3-9-23-43)68(42-20-6-2-7-21-42)52-28-14-25-48-46-24-12-13-29-54(46)70-62(48)52/h1-37H. The van der Waals surface area contributed by atoms with Crippen molar-refractivity contribution in [2.24, 2.45) is 0 Å². The average molecular weight is 916 g/mol. The van der Waals surface area contributed by atoms with Crippen molar-refractivity contribution in [1.29, 1.82) is 0 Å². The zero-order valence-electron chi connectivity index (χ0n) is 37.1. The SMILES string of the molecule is Fc1c(F)c(N(c2ccccc2)c2ccc3ccccc3c2)c(F)c(F)c1-c1ccc2c(c1)N(c1ccccc1)c1cccc3c(N(c4ccccc4)c4cccc5c4oc4ccccc45)ccc-2c13. The van der Waals surface area contributed by atoms with Crippen LogP contribution >= 0.6 is 0 Å². The molecule has 8 heteroatoms. The maximum Gasteiger partial charge on any atom is 0.186 e. The molecule has 1 aliphatic heterocycles. The highest BCUT2D eigenvalue weighted by Gasteiger charge is 2.34. The van der Waals surface area contributed by atoms with Gasteiger partial charge in [0.05, 0.1) is 28.3 Å². The van der Waals surface area contributed by atoms with E-state index in [1.54, 1.807) is 54.6 Å². The minimum atomic E-state index is -1.52. The lowest BCUT2D eigenvalue weighted by Gasteiger charge is -2.35. The van der Waals surface area contributed by atoms with Gasteiger partial charge >= 0.3 is 0 Å². The van der Waals surface area contributed by atoms with E-state index in [9.17, 15) is 0 Å². The molecule has 0 bridgehead atoms. The fourth-order valence-corrected chi connectivity index (χ4v) is 10.3. The number of furan rings is 1. The van der Waals surface area contributed by atoms with Crippen LogP contribution in [-0.4, -0.2) is 0 Å². The summed E-state index contributed by atoms with van der Waals surface area (Å²) in [4.78, 5) is 5.48. The molecule has 12 aromatic rings. The fraction of sp³-hybridized carbons (Fsp3) is 0. The van der Waals surface area contributed by atoms with Crippen molar-refractivity contribution in [2.45, 2.75) is 0 Å². The van der Waals surface area contributed by atoms with Crippen LogP contribution in [0.4, 0.5) is 68.7 Å². The number of benzene rings is 11. The summed E-state index contributed by atoms with van der Waals surface area (Å²) in [6.45, 7) is 0. The Morgan fingerprint density at radius 1 is 0.386 bits per heavy atom. The van der Waals surface area contributed by atoms with E-state index in [1.807, 2.05) is 120 Å². The van der Waals surface area contributed by atoms with Crippen LogP contribution in [0, 0.1) is 23.3 Å². The van der Waals surface area contributed by atoms with Gasteiger partial charge < -0.3 is 19.1 Å². The lowest BCUT2D eigenvalue weighted by atomic mass is 9.88. The van der Waals surface area contributed by atoms with Crippen LogP contribution in [-0.2, 0) is 0 Å². The monoisotopic (exact) mass is 915 g/mol. The van der Waals surface area contributed by atoms with Gasteiger partial charge in [-0.05, 0) is 101 Å². The van der Waals surface area contributed by atoms with E-state index in [4.69, 9.17) is 4.42 Å². The third-order valence-corrected chi connectivity index (χ3v) is 13.4. The van der Waals surface area contributed by atoms with Gasteiger partial charge in [-0.3, -0.25) is 0 Å². The van der Waals surface area contributed by atoms with Crippen LogP contribution in [0.5, 0.6) is 0 Å². The van der Waals surface area contributed by atoms with E-state index in [0.29, 0.717) is 17.1 Å². The first-order valence-electron chi connectivity index (χ1n) is 22.9. The second-order valence-corrected chi connectivity index (χ2v) is 17.3. The first-order chi connectivity index (χ1) is 34.4. The molecule has 334 valence electrons. The summed E-state index contributed by atoms with van der Waals surface area (Å²) in [6.07, 6.45) is 0. The summed E-state index contributed by atoms with van der Waals surface area (Å²) in [7, 11) is 0. The van der Waals surface area contributed by atoms with Crippen molar-refractivity contribution in [3.63, 3.8) is 0 Å². The highest BCUT2D eigenvalue weighted by atomic mass is 19.2. The molecular formula is C62H37F4N3O. The second-order valence-electron chi connectivity index (χ2n) is 17.3. The molecule has 0 saturated heterocycles. The van der Waals surface area contributed by atoms with Crippen LogP contribution in [0.3, 0.4) is 0 Å². The highest BCUT2D eigenvalue weighted by molar-refractivity contribution is 6.19. The maximum atomic E-state index is 17.0. The van der Waals surface area contributed by atoms with Gasteiger partial charge in [0.2, 0.25) is 0 Å². The van der Waals surface area contributed by atoms with Crippen molar-refractivity contribution in [2.75, 3.05) is 14.7 Å². The van der Waals surface area contributed by atoms with Gasteiger partial charge in [-0.1, -0.05) is 146 Å². The van der Waals surface area contributed by atoms with Gasteiger partial charge in [0, 0.05) is 49.9 Å². The first kappa shape index (κ1) is 41.1. The number of fused-ring (bicyclic) bond motifs is 6. The van der Waals surface area contributed by atoms with E-state index < -0.39 is 34.5 Å². The Labute approximate surface area is 399 Å². The fourth-order valence-electron chi connectivity index (χ4n) is 10.3. The topological polar surface area (TPSA) is 22.9 Å². The predicted octanol–water partition coefficient (Wildman–Crippen LogP) is 18.5. The van der Waals surface area contributed by atoms with E-state index in [2.05, 4.69) is 53.4 Å². The van der Waals surface area contributed by atoms with Crippen LogP contribution in [0.2, 0.25) is 0 Å². The molecular weight excluding hydrogens is 879 g/mol. The molecule has 0 unspecified atom stereocenters. The van der Waals surface area contributed by atoms with E-state index >= 15 is 17.6 Å². The molecule has 0 N–H and O–H groups in total. The Bertz CT molecular complexity index is 4000. The van der Waals surface area contributed by atoms with Gasteiger partial charge in [0.25, 0.3) is 0 Å². The van der Waals surface area contributed by atoms with E-state index in [1.165, 1.54) is 11.0 Å². The first-order valence-corrected chi connectivity index (χ1v) is 22.9. The van der Waals surface area contributed by atoms with Crippen molar-refractivity contribution in [1.82, 2.24) is 0 Å². The molecule has 0 fully saturated rings. The van der Waals surface area contributed by atoms with Crippen LogP contribution in [0.1, 0.15) is 0 Å². The molecule has 70 heavy (non-hydrogen) atoms. The van der Waals surface area contributed by atoms with Gasteiger partial charge in [-0.2, -0.15) is 0 Å². The molecule has 0 saturated carbocycles. The molecule has 0 amide bonds. The molecule has 0 atom stereocenters. The van der Waals surface area contributed by atoms with Crippen molar-refractivity contribution >= 4 is 94.7 Å². The molecule has 4 nitrogen and oxygen atoms in total. The van der Waals surface area contributed by atoms with E-state index in [0.717, 1.165) is 83.0 Å². The predicted molar refractivity (Wildman–Crippen MR) is 277 cm³/mol. The van der Waals surface area contributed by atoms with Crippen LogP contribution in [0.25, 0.3) is 65.7 Å². The quantitative estimate of drug-likeness (QED) is 0.112. The summed E-state index contributed by atoms with van der Waals surface area (Å²) in [5, 5.41) is 5.59. The van der Waals surface area contributed by atoms with E-state index in [-0.39, 0.29) is 5.56 Å². The van der Waals surface area contributed by atoms with Gasteiger partial charge in [-0.15, -0.1) is 0 Å². The van der Waals surface area contributed by atoms with Gasteiger partial charge in [0.1, 0.15) is 11.3 Å². The largest absolute Gasteiger partial charge is 0.454 e. The molecule has 0 radical (unpaired) electrons. The minimum Gasteiger partial charge on any atom is -0.454 e. The Hall–Kier alpha value is -9.14. The third kappa shape index (κ3) is 6.37. The Balaban J connectivity index is 0.998. The Kier molecular flexibility index (Phi) is 9.55. The number of anilines is 9. The zero-order chi connectivity index (χ0) is 47.0. The third-order valence-electron chi connectivity index (χ3n) is 13.4. The molecule has 0 aliphatic carbocycles. The number of para-hydroxylation sites is 5. The van der Waals surface area contributed by atoms with Crippen molar-refractivity contribution in [3.8, 4) is 22.3 Å². The van der Waals surface area contributed by atoms with Crippen LogP contribution in [0.15, 0.2) is 229 Å². The second kappa shape index (κ2) is 16.3. The number of rotatable bonds is 8. The number of halogens is 4. The van der Waals surface area contributed by atoms with Crippen molar-refractivity contribution in [3.05, 3.63) is 248 Å². The smallest absolute Gasteiger partial charge is 0.186 e. The molecule has 2 heterocycles. The highest BCUT2D eigenvalue weighted by Crippen LogP contribution is 2.55. The number of hydrogen-bond donors (Lipinski definition) is 0. The summed E-state index contributed by atoms with van der Waals surface area (Å²) < 4.78 is 74.7. The molecule has 13 rings (SSSR count). The van der Waals surface area contributed by atoms with Gasteiger partial charge in [0.15, 0.2) is 28.9 Å². The lowest BCUT2D eigenvalue weighted by molar-refractivity contribution is 0.461. The number of nitrogens with zero attached hydrogens (tertiary/aromatic N) is 3. The normalized spacial score (nSPS) is 12.0. The zero-order valence-corrected chi connectivity index (χ0v) is 37.1. The summed E-state index contributed by atoms with van der Waals surface area (Å²) in [5.74, 6) is -6.06. The molecule has 1 aromatic heterocycles. The molecule has 0 spiro atoms. The molecule has 1 aliphatic rings.